The van der Waals surface area contributed by atoms with Crippen molar-refractivity contribution in [1.82, 2.24) is 0 Å². The van der Waals surface area contributed by atoms with Crippen molar-refractivity contribution in [2.45, 2.75) is 19.4 Å². The Morgan fingerprint density at radius 3 is 2.50 bits per heavy atom. The van der Waals surface area contributed by atoms with Crippen molar-refractivity contribution in [2.24, 2.45) is 0 Å². The Morgan fingerprint density at radius 2 is 1.83 bits per heavy atom. The topological polar surface area (TPSA) is 20.2 Å². The fourth-order valence-corrected chi connectivity index (χ4v) is 2.14. The molecule has 0 amide bonds. The largest absolute Gasteiger partial charge is 0.388 e. The third-order valence-corrected chi connectivity index (χ3v) is 3.38. The van der Waals surface area contributed by atoms with E-state index in [1.807, 2.05) is 31.2 Å². The minimum absolute atomic E-state index is 0.356. The van der Waals surface area contributed by atoms with Gasteiger partial charge in [0.1, 0.15) is 5.82 Å². The van der Waals surface area contributed by atoms with E-state index >= 15 is 0 Å². The highest BCUT2D eigenvalue weighted by Crippen LogP contribution is 2.23. The van der Waals surface area contributed by atoms with Crippen molar-refractivity contribution < 1.29 is 9.50 Å². The number of aliphatic hydroxyl groups is 1. The zero-order valence-corrected chi connectivity index (χ0v) is 11.6. The number of aliphatic hydroxyl groups excluding tert-OH is 1. The van der Waals surface area contributed by atoms with E-state index in [9.17, 15) is 9.50 Å². The van der Waals surface area contributed by atoms with E-state index in [1.54, 1.807) is 12.1 Å². The maximum Gasteiger partial charge on any atom is 0.129 e. The maximum atomic E-state index is 13.6. The van der Waals surface area contributed by atoms with E-state index in [2.05, 4.69) is 15.9 Å². The molecular formula is C15H14BrFO. The molecule has 1 atom stereocenters. The smallest absolute Gasteiger partial charge is 0.129 e. The van der Waals surface area contributed by atoms with Crippen molar-refractivity contribution in [2.75, 3.05) is 0 Å². The summed E-state index contributed by atoms with van der Waals surface area (Å²) in [4.78, 5) is 0. The highest BCUT2D eigenvalue weighted by molar-refractivity contribution is 9.10. The Labute approximate surface area is 114 Å². The van der Waals surface area contributed by atoms with E-state index in [1.165, 1.54) is 6.07 Å². The van der Waals surface area contributed by atoms with E-state index in [0.29, 0.717) is 12.0 Å². The summed E-state index contributed by atoms with van der Waals surface area (Å²) < 4.78 is 14.6. The van der Waals surface area contributed by atoms with Crippen molar-refractivity contribution in [3.8, 4) is 0 Å². The van der Waals surface area contributed by atoms with Crippen molar-refractivity contribution >= 4 is 15.9 Å². The molecule has 0 aromatic heterocycles. The standard InChI is InChI=1S/C15H14BrFO/c1-10-2-7-14(17)13(8-10)15(18)9-11-3-5-12(16)6-4-11/h2-8,15,18H,9H2,1H3. The summed E-state index contributed by atoms with van der Waals surface area (Å²) in [7, 11) is 0. The quantitative estimate of drug-likeness (QED) is 0.902. The van der Waals surface area contributed by atoms with Crippen LogP contribution in [0.4, 0.5) is 4.39 Å². The van der Waals surface area contributed by atoms with Crippen LogP contribution in [0.15, 0.2) is 46.9 Å². The van der Waals surface area contributed by atoms with Gasteiger partial charge in [-0.05, 0) is 30.7 Å². The Hall–Kier alpha value is -1.19. The van der Waals surface area contributed by atoms with Gasteiger partial charge in [0, 0.05) is 16.5 Å². The monoisotopic (exact) mass is 308 g/mol. The van der Waals surface area contributed by atoms with Crippen LogP contribution in [0.1, 0.15) is 22.8 Å². The molecule has 0 aliphatic heterocycles. The molecule has 2 aromatic rings. The third-order valence-electron chi connectivity index (χ3n) is 2.85. The van der Waals surface area contributed by atoms with E-state index in [0.717, 1.165) is 15.6 Å². The molecule has 2 aromatic carbocycles. The molecule has 0 radical (unpaired) electrons. The summed E-state index contributed by atoms with van der Waals surface area (Å²) in [6, 6.07) is 12.4. The molecule has 0 aliphatic rings. The van der Waals surface area contributed by atoms with Crippen LogP contribution in [0, 0.1) is 12.7 Å². The van der Waals surface area contributed by atoms with Gasteiger partial charge in [0.05, 0.1) is 6.10 Å². The molecule has 2 rings (SSSR count). The lowest BCUT2D eigenvalue weighted by molar-refractivity contribution is 0.173. The molecular weight excluding hydrogens is 295 g/mol. The van der Waals surface area contributed by atoms with Gasteiger partial charge < -0.3 is 5.11 Å². The summed E-state index contributed by atoms with van der Waals surface area (Å²) in [5.41, 5.74) is 2.28. The van der Waals surface area contributed by atoms with Gasteiger partial charge in [0.25, 0.3) is 0 Å². The Kier molecular flexibility index (Phi) is 4.15. The van der Waals surface area contributed by atoms with Gasteiger partial charge in [-0.1, -0.05) is 45.8 Å². The maximum absolute atomic E-state index is 13.6. The van der Waals surface area contributed by atoms with Crippen LogP contribution in [-0.2, 0) is 6.42 Å². The number of hydrogen-bond donors (Lipinski definition) is 1. The lowest BCUT2D eigenvalue weighted by Crippen LogP contribution is -2.04. The number of hydrogen-bond acceptors (Lipinski definition) is 1. The second-order valence-electron chi connectivity index (χ2n) is 4.37. The van der Waals surface area contributed by atoms with Gasteiger partial charge in [-0.25, -0.2) is 4.39 Å². The third kappa shape index (κ3) is 3.18. The molecule has 0 aliphatic carbocycles. The van der Waals surface area contributed by atoms with Gasteiger partial charge >= 0.3 is 0 Å². The summed E-state index contributed by atoms with van der Waals surface area (Å²) in [6.45, 7) is 1.88. The fraction of sp³-hybridized carbons (Fsp3) is 0.200. The number of benzene rings is 2. The molecule has 0 saturated carbocycles. The van der Waals surface area contributed by atoms with Gasteiger partial charge in [0.2, 0.25) is 0 Å². The number of aryl methyl sites for hydroxylation is 1. The Bertz CT molecular complexity index is 537. The molecule has 0 bridgehead atoms. The molecule has 1 N–H and O–H groups in total. The van der Waals surface area contributed by atoms with Crippen molar-refractivity contribution in [3.63, 3.8) is 0 Å². The molecule has 1 nitrogen and oxygen atoms in total. The van der Waals surface area contributed by atoms with E-state index < -0.39 is 6.10 Å². The normalized spacial score (nSPS) is 12.4. The van der Waals surface area contributed by atoms with Crippen LogP contribution in [0.2, 0.25) is 0 Å². The van der Waals surface area contributed by atoms with Crippen LogP contribution in [-0.4, -0.2) is 5.11 Å². The molecule has 0 heterocycles. The highest BCUT2D eigenvalue weighted by Gasteiger charge is 2.13. The summed E-state index contributed by atoms with van der Waals surface area (Å²) in [5.74, 6) is -0.356. The molecule has 1 unspecified atom stereocenters. The first kappa shape index (κ1) is 13.2. The Balaban J connectivity index is 2.18. The number of halogens is 2. The first-order valence-electron chi connectivity index (χ1n) is 5.75. The zero-order chi connectivity index (χ0) is 13.1. The van der Waals surface area contributed by atoms with Crippen LogP contribution < -0.4 is 0 Å². The minimum Gasteiger partial charge on any atom is -0.388 e. The van der Waals surface area contributed by atoms with Crippen LogP contribution in [0.5, 0.6) is 0 Å². The predicted octanol–water partition coefficient (Wildman–Crippen LogP) is 4.17. The minimum atomic E-state index is -0.814. The second kappa shape index (κ2) is 5.63. The van der Waals surface area contributed by atoms with Crippen molar-refractivity contribution in [3.05, 3.63) is 69.4 Å². The van der Waals surface area contributed by atoms with Gasteiger partial charge in [-0.15, -0.1) is 0 Å². The average Bonchev–Trinajstić information content (AvgIpc) is 2.35. The molecule has 0 fully saturated rings. The van der Waals surface area contributed by atoms with Crippen molar-refractivity contribution in [1.29, 1.82) is 0 Å². The first-order valence-corrected chi connectivity index (χ1v) is 6.54. The summed E-state index contributed by atoms with van der Waals surface area (Å²) in [6.07, 6.45) is -0.403. The molecule has 0 saturated heterocycles. The average molecular weight is 309 g/mol. The van der Waals surface area contributed by atoms with Crippen LogP contribution in [0.3, 0.4) is 0 Å². The van der Waals surface area contributed by atoms with Gasteiger partial charge in [0.15, 0.2) is 0 Å². The zero-order valence-electron chi connectivity index (χ0n) is 10.0. The van der Waals surface area contributed by atoms with Crippen LogP contribution >= 0.6 is 15.9 Å². The van der Waals surface area contributed by atoms with E-state index in [4.69, 9.17) is 0 Å². The predicted molar refractivity (Wildman–Crippen MR) is 73.9 cm³/mol. The summed E-state index contributed by atoms with van der Waals surface area (Å²) in [5, 5.41) is 10.1. The summed E-state index contributed by atoms with van der Waals surface area (Å²) >= 11 is 3.36. The lowest BCUT2D eigenvalue weighted by Gasteiger charge is -2.13. The fourth-order valence-electron chi connectivity index (χ4n) is 1.87. The van der Waals surface area contributed by atoms with E-state index in [-0.39, 0.29) is 5.82 Å². The second-order valence-corrected chi connectivity index (χ2v) is 5.29. The molecule has 3 heteroatoms. The Morgan fingerprint density at radius 1 is 1.17 bits per heavy atom. The molecule has 94 valence electrons. The van der Waals surface area contributed by atoms with Gasteiger partial charge in [-0.2, -0.15) is 0 Å². The lowest BCUT2D eigenvalue weighted by atomic mass is 9.99. The molecule has 0 spiro atoms. The van der Waals surface area contributed by atoms with Gasteiger partial charge in [-0.3, -0.25) is 0 Å². The highest BCUT2D eigenvalue weighted by atomic mass is 79.9. The first-order chi connectivity index (χ1) is 8.56. The SMILES string of the molecule is Cc1ccc(F)c(C(O)Cc2ccc(Br)cc2)c1. The van der Waals surface area contributed by atoms with Crippen LogP contribution in [0.25, 0.3) is 0 Å². The molecule has 18 heavy (non-hydrogen) atoms. The number of rotatable bonds is 3.